The van der Waals surface area contributed by atoms with Crippen LogP contribution in [0.5, 0.6) is 0 Å². The monoisotopic (exact) mass is 366 g/mol. The Morgan fingerprint density at radius 1 is 0.536 bits per heavy atom. The Balaban J connectivity index is 0.000000418. The smallest absolute Gasteiger partial charge is 0.222 e. The van der Waals surface area contributed by atoms with Gasteiger partial charge in [-0.15, -0.1) is 0 Å². The van der Waals surface area contributed by atoms with Gasteiger partial charge < -0.3 is 0 Å². The quantitative estimate of drug-likeness (QED) is 0.338. The first-order chi connectivity index (χ1) is 13.8. The second-order valence-corrected chi connectivity index (χ2v) is 5.65. The Labute approximate surface area is 163 Å². The zero-order valence-electron chi connectivity index (χ0n) is 15.1. The molecule has 0 aliphatic heterocycles. The summed E-state index contributed by atoms with van der Waals surface area (Å²) in [5.74, 6) is 0. The molecule has 0 saturated carbocycles. The lowest BCUT2D eigenvalue weighted by Gasteiger charge is -2.14. The zero-order chi connectivity index (χ0) is 20.2. The maximum atomic E-state index is 8.35. The van der Waals surface area contributed by atoms with Crippen LogP contribution in [0.2, 0.25) is 0 Å². The van der Waals surface area contributed by atoms with E-state index in [0.29, 0.717) is 0 Å². The van der Waals surface area contributed by atoms with Crippen molar-refractivity contribution in [3.05, 3.63) is 97.1 Å². The molecule has 0 aliphatic carbocycles. The zero-order valence-corrected chi connectivity index (χ0v) is 15.1. The predicted octanol–water partition coefficient (Wildman–Crippen LogP) is 5.98. The normalized spacial score (nSPS) is 9.00. The van der Waals surface area contributed by atoms with E-state index in [2.05, 4.69) is 97.1 Å². The van der Waals surface area contributed by atoms with E-state index in [1.54, 1.807) is 0 Å². The molecule has 2 N–H and O–H groups in total. The summed E-state index contributed by atoms with van der Waals surface area (Å²) in [4.78, 5) is 16.7. The van der Waals surface area contributed by atoms with Gasteiger partial charge in [0, 0.05) is 0 Å². The van der Waals surface area contributed by atoms with E-state index < -0.39 is 0 Å². The van der Waals surface area contributed by atoms with Crippen molar-refractivity contribution >= 4 is 22.9 Å². The van der Waals surface area contributed by atoms with Crippen molar-refractivity contribution in [2.24, 2.45) is 0 Å². The highest BCUT2D eigenvalue weighted by molar-refractivity contribution is 6.04. The molecule has 0 aromatic heterocycles. The third-order valence-electron chi connectivity index (χ3n) is 4.08. The topological polar surface area (TPSA) is 81.8 Å². The molecule has 0 unspecified atom stereocenters. The average Bonchev–Trinajstić information content (AvgIpc) is 2.75. The number of benzene rings is 4. The molecule has 0 aliphatic rings. The maximum Gasteiger partial charge on any atom is 0.231 e. The summed E-state index contributed by atoms with van der Waals surface area (Å²) < 4.78 is 0. The van der Waals surface area contributed by atoms with Crippen LogP contribution in [0.4, 0.5) is 0 Å². The second-order valence-electron chi connectivity index (χ2n) is 5.65. The molecule has 0 fully saturated rings. The molecular weight excluding hydrogens is 348 g/mol. The summed E-state index contributed by atoms with van der Waals surface area (Å²) in [6, 6.07) is 34.3. The Bertz CT molecular complexity index is 1080. The minimum Gasteiger partial charge on any atom is -0.222 e. The Morgan fingerprint density at radius 2 is 1.00 bits per heavy atom. The number of fused-ring (bicyclic) bond motifs is 1. The molecule has 0 amide bonds. The fraction of sp³-hybridized carbons (Fsp3) is 0. The van der Waals surface area contributed by atoms with Gasteiger partial charge in [0.1, 0.15) is 0 Å². The summed E-state index contributed by atoms with van der Waals surface area (Å²) in [5.41, 5.74) is 5.11. The van der Waals surface area contributed by atoms with Crippen molar-refractivity contribution in [2.45, 2.75) is 0 Å². The van der Waals surface area contributed by atoms with Crippen molar-refractivity contribution < 1.29 is 9.59 Å². The molecule has 4 heteroatoms. The highest BCUT2D eigenvalue weighted by atomic mass is 16.1. The lowest BCUT2D eigenvalue weighted by atomic mass is 9.90. The van der Waals surface area contributed by atoms with Gasteiger partial charge in [0.25, 0.3) is 0 Å². The minimum atomic E-state index is 0.750. The number of hydrogen-bond acceptors (Lipinski definition) is 4. The summed E-state index contributed by atoms with van der Waals surface area (Å²) in [6.45, 7) is 0. The molecular formula is C24H18N2O2. The van der Waals surface area contributed by atoms with Crippen LogP contribution in [0.25, 0.3) is 33.0 Å². The number of rotatable bonds is 2. The van der Waals surface area contributed by atoms with Crippen LogP contribution in [0, 0.1) is 10.8 Å². The molecule has 4 rings (SSSR count). The van der Waals surface area contributed by atoms with Gasteiger partial charge in [0.2, 0.25) is 12.2 Å². The summed E-state index contributed by atoms with van der Waals surface area (Å²) in [5, 5.41) is 13.4. The third-order valence-corrected chi connectivity index (χ3v) is 4.08. The van der Waals surface area contributed by atoms with Crippen molar-refractivity contribution in [1.82, 2.24) is 0 Å². The molecule has 0 bridgehead atoms. The third kappa shape index (κ3) is 4.96. The molecule has 0 saturated heterocycles. The Morgan fingerprint density at radius 3 is 1.57 bits per heavy atom. The van der Waals surface area contributed by atoms with Gasteiger partial charge in [-0.25, -0.2) is 20.4 Å². The number of carbonyl (C=O) groups excluding carboxylic acids is 2. The van der Waals surface area contributed by atoms with Crippen molar-refractivity contribution in [2.75, 3.05) is 0 Å². The van der Waals surface area contributed by atoms with Crippen LogP contribution in [0.15, 0.2) is 97.1 Å². The van der Waals surface area contributed by atoms with Gasteiger partial charge in [0.15, 0.2) is 0 Å². The van der Waals surface area contributed by atoms with E-state index in [0.717, 1.165) is 12.2 Å². The molecule has 136 valence electrons. The summed E-state index contributed by atoms with van der Waals surface area (Å²) in [7, 11) is 0. The first kappa shape index (κ1) is 20.2. The fourth-order valence-electron chi connectivity index (χ4n) is 3.05. The molecule has 0 radical (unpaired) electrons. The van der Waals surface area contributed by atoms with E-state index in [4.69, 9.17) is 20.4 Å². The van der Waals surface area contributed by atoms with Gasteiger partial charge in [-0.2, -0.15) is 0 Å². The van der Waals surface area contributed by atoms with Gasteiger partial charge >= 0.3 is 0 Å². The van der Waals surface area contributed by atoms with Crippen LogP contribution in [0.1, 0.15) is 0 Å². The molecule has 0 heterocycles. The fourth-order valence-corrected chi connectivity index (χ4v) is 3.05. The van der Waals surface area contributed by atoms with E-state index >= 15 is 0 Å². The molecule has 28 heavy (non-hydrogen) atoms. The largest absolute Gasteiger partial charge is 0.231 e. The average molecular weight is 366 g/mol. The molecule has 4 nitrogen and oxygen atoms in total. The highest BCUT2D eigenvalue weighted by Crippen LogP contribution is 2.37. The second kappa shape index (κ2) is 10.8. The van der Waals surface area contributed by atoms with Crippen molar-refractivity contribution in [3.8, 4) is 22.3 Å². The molecule has 0 atom stereocenters. The van der Waals surface area contributed by atoms with E-state index in [9.17, 15) is 0 Å². The molecule has 4 aromatic rings. The SMILES string of the molecule is N=C=O.N=C=O.c1ccc(-c2ccc3ccccc3c2-c2ccccc2)cc1. The first-order valence-corrected chi connectivity index (χ1v) is 8.47. The maximum absolute atomic E-state index is 8.35. The van der Waals surface area contributed by atoms with Crippen LogP contribution in [-0.2, 0) is 9.59 Å². The molecule has 0 spiro atoms. The Kier molecular flexibility index (Phi) is 7.79. The van der Waals surface area contributed by atoms with Gasteiger partial charge in [-0.05, 0) is 33.0 Å². The van der Waals surface area contributed by atoms with E-state index in [-0.39, 0.29) is 0 Å². The molecule has 4 aromatic carbocycles. The van der Waals surface area contributed by atoms with Gasteiger partial charge in [-0.3, -0.25) is 0 Å². The van der Waals surface area contributed by atoms with Crippen LogP contribution < -0.4 is 0 Å². The minimum absolute atomic E-state index is 0.750. The lowest BCUT2D eigenvalue weighted by molar-refractivity contribution is 0.562. The first-order valence-electron chi connectivity index (χ1n) is 8.47. The standard InChI is InChI=1S/C22H16.2CHNO/c1-3-9-17(10-4-1)21-16-15-18-11-7-8-14-20(18)22(21)19-12-5-2-6-13-19;2*2-1-3/h1-16H;2*2H. The summed E-state index contributed by atoms with van der Waals surface area (Å²) in [6.07, 6.45) is 1.50. The van der Waals surface area contributed by atoms with Crippen molar-refractivity contribution in [1.29, 1.82) is 10.8 Å². The lowest BCUT2D eigenvalue weighted by Crippen LogP contribution is -1.87. The number of hydrogen-bond donors (Lipinski definition) is 2. The number of nitrogens with one attached hydrogen (secondary N) is 2. The van der Waals surface area contributed by atoms with Crippen molar-refractivity contribution in [3.63, 3.8) is 0 Å². The van der Waals surface area contributed by atoms with Gasteiger partial charge in [0.05, 0.1) is 0 Å². The van der Waals surface area contributed by atoms with E-state index in [1.807, 2.05) is 0 Å². The van der Waals surface area contributed by atoms with Gasteiger partial charge in [-0.1, -0.05) is 97.1 Å². The van der Waals surface area contributed by atoms with Crippen LogP contribution in [0.3, 0.4) is 0 Å². The number of isocyanates is 2. The summed E-state index contributed by atoms with van der Waals surface area (Å²) >= 11 is 0. The van der Waals surface area contributed by atoms with E-state index in [1.165, 1.54) is 33.0 Å². The highest BCUT2D eigenvalue weighted by Gasteiger charge is 2.10. The van der Waals surface area contributed by atoms with Crippen LogP contribution in [-0.4, -0.2) is 12.2 Å². The Hall–Kier alpha value is -4.10. The van der Waals surface area contributed by atoms with Crippen LogP contribution >= 0.6 is 0 Å². The predicted molar refractivity (Wildman–Crippen MR) is 112 cm³/mol.